The molecule has 3 heterocycles. The number of rotatable bonds is 4. The topological polar surface area (TPSA) is 101 Å². The number of fused-ring (bicyclic) bond motifs is 1. The first-order valence-electron chi connectivity index (χ1n) is 10.8. The van der Waals surface area contributed by atoms with Crippen LogP contribution in [-0.4, -0.2) is 47.7 Å². The van der Waals surface area contributed by atoms with Crippen LogP contribution in [0.5, 0.6) is 0 Å². The number of hydrogen-bond donors (Lipinski definition) is 1. The molecule has 0 spiro atoms. The van der Waals surface area contributed by atoms with E-state index in [4.69, 9.17) is 0 Å². The molecule has 4 rings (SSSR count). The smallest absolute Gasteiger partial charge is 0.274 e. The molecule has 33 heavy (non-hydrogen) atoms. The summed E-state index contributed by atoms with van der Waals surface area (Å²) in [7, 11) is -3.67. The minimum atomic E-state index is -3.67. The number of hydrogen-bond acceptors (Lipinski definition) is 5. The average Bonchev–Trinajstić information content (AvgIpc) is 3.16. The molecular formula is C23H27FN4O4S. The van der Waals surface area contributed by atoms with E-state index < -0.39 is 27.8 Å². The molecule has 0 unspecified atom stereocenters. The molecule has 2 aliphatic heterocycles. The lowest BCUT2D eigenvalue weighted by molar-refractivity contribution is 0.0552. The summed E-state index contributed by atoms with van der Waals surface area (Å²) < 4.78 is 41.3. The SMILES string of the molecule is CC1=C(C)C(=O)n2nc([C@@H]3C[C@@H](C)CCN3C(=O)c3cc(F)ccc3NS(C)(=O)=O)cc2C1. The lowest BCUT2D eigenvalue weighted by Crippen LogP contribution is -2.41. The van der Waals surface area contributed by atoms with E-state index in [0.29, 0.717) is 36.6 Å². The fourth-order valence-corrected chi connectivity index (χ4v) is 5.03. The number of halogens is 1. The van der Waals surface area contributed by atoms with Gasteiger partial charge in [-0.15, -0.1) is 0 Å². The van der Waals surface area contributed by atoms with Crippen LogP contribution in [0, 0.1) is 11.7 Å². The zero-order valence-corrected chi connectivity index (χ0v) is 19.9. The van der Waals surface area contributed by atoms with E-state index >= 15 is 0 Å². The highest BCUT2D eigenvalue weighted by molar-refractivity contribution is 7.92. The summed E-state index contributed by atoms with van der Waals surface area (Å²) in [6.45, 7) is 6.19. The zero-order valence-electron chi connectivity index (χ0n) is 19.1. The minimum Gasteiger partial charge on any atom is -0.330 e. The van der Waals surface area contributed by atoms with Gasteiger partial charge in [0.05, 0.1) is 34.9 Å². The third-order valence-corrected chi connectivity index (χ3v) is 6.97. The van der Waals surface area contributed by atoms with Crippen molar-refractivity contribution in [3.63, 3.8) is 0 Å². The first-order valence-corrected chi connectivity index (χ1v) is 12.7. The third-order valence-electron chi connectivity index (χ3n) is 6.38. The van der Waals surface area contributed by atoms with Crippen LogP contribution in [0.25, 0.3) is 0 Å². The molecule has 0 radical (unpaired) electrons. The number of amides is 1. The number of nitrogens with zero attached hydrogens (tertiary/aromatic N) is 3. The number of likely N-dealkylation sites (tertiary alicyclic amines) is 1. The van der Waals surface area contributed by atoms with E-state index in [2.05, 4.69) is 16.7 Å². The third kappa shape index (κ3) is 4.57. The van der Waals surface area contributed by atoms with Gasteiger partial charge in [-0.3, -0.25) is 14.3 Å². The largest absolute Gasteiger partial charge is 0.330 e. The molecule has 0 aliphatic carbocycles. The Bertz CT molecular complexity index is 1280. The first kappa shape index (κ1) is 23.2. The highest BCUT2D eigenvalue weighted by Gasteiger charge is 2.36. The van der Waals surface area contributed by atoms with Crippen LogP contribution in [-0.2, 0) is 16.4 Å². The summed E-state index contributed by atoms with van der Waals surface area (Å²) in [4.78, 5) is 27.9. The van der Waals surface area contributed by atoms with Crippen LogP contribution >= 0.6 is 0 Å². The van der Waals surface area contributed by atoms with Crippen LogP contribution in [0.15, 0.2) is 35.4 Å². The molecule has 8 nitrogen and oxygen atoms in total. The van der Waals surface area contributed by atoms with Gasteiger partial charge in [-0.2, -0.15) is 5.10 Å². The minimum absolute atomic E-state index is 0.0241. The number of carbonyl (C=O) groups excluding carboxylic acids is 2. The molecule has 2 aliphatic rings. The Morgan fingerprint density at radius 3 is 2.67 bits per heavy atom. The zero-order chi connectivity index (χ0) is 24.1. The Kier molecular flexibility index (Phi) is 5.90. The molecule has 10 heteroatoms. The maximum absolute atomic E-state index is 14.1. The number of nitrogens with one attached hydrogen (secondary N) is 1. The van der Waals surface area contributed by atoms with E-state index in [1.165, 1.54) is 10.7 Å². The van der Waals surface area contributed by atoms with Crippen molar-refractivity contribution in [3.8, 4) is 0 Å². The van der Waals surface area contributed by atoms with Gasteiger partial charge in [0.25, 0.3) is 11.8 Å². The number of anilines is 1. The number of piperidine rings is 1. The molecule has 2 atom stereocenters. The predicted octanol–water partition coefficient (Wildman–Crippen LogP) is 3.54. The van der Waals surface area contributed by atoms with Gasteiger partial charge in [-0.05, 0) is 56.9 Å². The highest BCUT2D eigenvalue weighted by atomic mass is 32.2. The van der Waals surface area contributed by atoms with Crippen LogP contribution in [0.3, 0.4) is 0 Å². The molecule has 2 aromatic rings. The lowest BCUT2D eigenvalue weighted by Gasteiger charge is -2.38. The fourth-order valence-electron chi connectivity index (χ4n) is 4.45. The molecule has 1 N–H and O–H groups in total. The maximum atomic E-state index is 14.1. The average molecular weight is 475 g/mol. The fraction of sp³-hybridized carbons (Fsp3) is 0.435. The van der Waals surface area contributed by atoms with Gasteiger partial charge >= 0.3 is 0 Å². The van der Waals surface area contributed by atoms with Crippen molar-refractivity contribution >= 4 is 27.5 Å². The summed E-state index contributed by atoms with van der Waals surface area (Å²) in [5, 5.41) is 4.55. The molecule has 1 aromatic heterocycles. The maximum Gasteiger partial charge on any atom is 0.274 e. The molecular weight excluding hydrogens is 447 g/mol. The summed E-state index contributed by atoms with van der Waals surface area (Å²) in [6, 6.07) is 4.84. The molecule has 1 amide bonds. The van der Waals surface area contributed by atoms with Crippen molar-refractivity contribution in [1.29, 1.82) is 0 Å². The van der Waals surface area contributed by atoms with Gasteiger partial charge in [-0.25, -0.2) is 17.5 Å². The van der Waals surface area contributed by atoms with Gasteiger partial charge in [0, 0.05) is 18.5 Å². The molecule has 1 aromatic carbocycles. The Labute approximate surface area is 192 Å². The Morgan fingerprint density at radius 1 is 1.24 bits per heavy atom. The number of sulfonamides is 1. The first-order chi connectivity index (χ1) is 15.4. The quantitative estimate of drug-likeness (QED) is 0.730. The Hall–Kier alpha value is -3.01. The van der Waals surface area contributed by atoms with Crippen molar-refractivity contribution in [3.05, 3.63) is 58.2 Å². The number of allylic oxidation sites excluding steroid dienone is 2. The second kappa shape index (κ2) is 8.40. The summed E-state index contributed by atoms with van der Waals surface area (Å²) in [5.41, 5.74) is 2.99. The van der Waals surface area contributed by atoms with E-state index in [1.807, 2.05) is 13.0 Å². The van der Waals surface area contributed by atoms with E-state index in [-0.39, 0.29) is 17.2 Å². The van der Waals surface area contributed by atoms with E-state index in [9.17, 15) is 22.4 Å². The number of carbonyl (C=O) groups is 2. The van der Waals surface area contributed by atoms with Gasteiger partial charge in [0.2, 0.25) is 10.0 Å². The van der Waals surface area contributed by atoms with Crippen molar-refractivity contribution in [2.24, 2.45) is 5.92 Å². The van der Waals surface area contributed by atoms with Gasteiger partial charge < -0.3 is 4.90 Å². The normalized spacial score (nSPS) is 21.2. The molecule has 176 valence electrons. The number of aromatic nitrogens is 2. The Balaban J connectivity index is 1.72. The van der Waals surface area contributed by atoms with Gasteiger partial charge in [0.1, 0.15) is 5.82 Å². The monoisotopic (exact) mass is 474 g/mol. The summed E-state index contributed by atoms with van der Waals surface area (Å²) in [5.74, 6) is -0.984. The Morgan fingerprint density at radius 2 is 1.97 bits per heavy atom. The van der Waals surface area contributed by atoms with Crippen LogP contribution in [0.2, 0.25) is 0 Å². The predicted molar refractivity (Wildman–Crippen MR) is 122 cm³/mol. The highest BCUT2D eigenvalue weighted by Crippen LogP contribution is 2.37. The number of benzene rings is 1. The van der Waals surface area contributed by atoms with Crippen LogP contribution in [0.4, 0.5) is 10.1 Å². The van der Waals surface area contributed by atoms with E-state index in [1.54, 1.807) is 11.8 Å². The molecule has 1 saturated heterocycles. The van der Waals surface area contributed by atoms with Crippen molar-refractivity contribution < 1.29 is 22.4 Å². The van der Waals surface area contributed by atoms with Crippen molar-refractivity contribution in [2.45, 2.75) is 46.1 Å². The summed E-state index contributed by atoms with van der Waals surface area (Å²) >= 11 is 0. The van der Waals surface area contributed by atoms with Crippen LogP contribution in [0.1, 0.15) is 66.2 Å². The van der Waals surface area contributed by atoms with Gasteiger partial charge in [-0.1, -0.05) is 12.5 Å². The van der Waals surface area contributed by atoms with Crippen molar-refractivity contribution in [2.75, 3.05) is 17.5 Å². The standard InChI is InChI=1S/C23H27FN4O4S/c1-13-7-8-27(23(30)18-11-16(24)5-6-19(18)26-33(4,31)32)21(9-13)20-12-17-10-14(2)15(3)22(29)28(17)25-20/h5-6,11-13,21,26H,7-10H2,1-4H3/t13-,21-/m0/s1. The summed E-state index contributed by atoms with van der Waals surface area (Å²) in [6.07, 6.45) is 2.96. The van der Waals surface area contributed by atoms with Crippen molar-refractivity contribution in [1.82, 2.24) is 14.7 Å². The molecule has 0 saturated carbocycles. The second-order valence-corrected chi connectivity index (χ2v) is 10.8. The van der Waals surface area contributed by atoms with E-state index in [0.717, 1.165) is 36.1 Å². The molecule has 1 fully saturated rings. The lowest BCUT2D eigenvalue weighted by atomic mass is 9.89. The van der Waals surface area contributed by atoms with Crippen LogP contribution < -0.4 is 4.72 Å². The van der Waals surface area contributed by atoms with Gasteiger partial charge in [0.15, 0.2) is 0 Å². The molecule has 0 bridgehead atoms. The second-order valence-electron chi connectivity index (χ2n) is 9.07.